The summed E-state index contributed by atoms with van der Waals surface area (Å²) in [4.78, 5) is 9.59. The molecule has 0 aromatic carbocycles. The van der Waals surface area contributed by atoms with Crippen molar-refractivity contribution in [2.24, 2.45) is 4.99 Å². The Bertz CT molecular complexity index is 362. The average Bonchev–Trinajstić information content (AvgIpc) is 2.52. The lowest BCUT2D eigenvalue weighted by atomic mass is 10.1. The number of aliphatic imine (C=N–C) groups is 1. The van der Waals surface area contributed by atoms with Gasteiger partial charge in [0.05, 0.1) is 25.9 Å². The number of hydrogen-bond acceptors (Lipinski definition) is 4. The summed E-state index contributed by atoms with van der Waals surface area (Å²) in [6.07, 6.45) is 1.52. The number of aliphatic hydroxyl groups is 1. The van der Waals surface area contributed by atoms with E-state index in [1.54, 1.807) is 0 Å². The summed E-state index contributed by atoms with van der Waals surface area (Å²) >= 11 is 0. The van der Waals surface area contributed by atoms with E-state index >= 15 is 0 Å². The number of halogens is 1. The molecule has 2 rings (SSSR count). The molecule has 2 fully saturated rings. The monoisotopic (exact) mass is 440 g/mol. The van der Waals surface area contributed by atoms with Crippen molar-refractivity contribution >= 4 is 29.9 Å². The number of nitrogens with zero attached hydrogens (tertiary/aromatic N) is 3. The summed E-state index contributed by atoms with van der Waals surface area (Å²) in [5.74, 6) is 0.988. The smallest absolute Gasteiger partial charge is 0.193 e. The van der Waals surface area contributed by atoms with Crippen molar-refractivity contribution in [3.8, 4) is 0 Å². The van der Waals surface area contributed by atoms with Crippen molar-refractivity contribution in [2.75, 3.05) is 45.9 Å². The Hall–Kier alpha value is -0.120. The van der Waals surface area contributed by atoms with E-state index in [0.29, 0.717) is 12.1 Å². The zero-order chi connectivity index (χ0) is 15.9. The third-order valence-electron chi connectivity index (χ3n) is 4.59. The van der Waals surface area contributed by atoms with E-state index in [1.165, 1.54) is 0 Å². The van der Waals surface area contributed by atoms with Gasteiger partial charge in [0, 0.05) is 38.3 Å². The Morgan fingerprint density at radius 3 is 2.65 bits per heavy atom. The highest BCUT2D eigenvalue weighted by atomic mass is 127. The topological polar surface area (TPSA) is 60.3 Å². The first kappa shape index (κ1) is 20.9. The minimum Gasteiger partial charge on any atom is -0.393 e. The fourth-order valence-corrected chi connectivity index (χ4v) is 3.22. The molecule has 7 heteroatoms. The summed E-state index contributed by atoms with van der Waals surface area (Å²) in [6, 6.07) is 0.884. The molecule has 136 valence electrons. The van der Waals surface area contributed by atoms with Gasteiger partial charge in [-0.3, -0.25) is 9.89 Å². The van der Waals surface area contributed by atoms with Crippen LogP contribution in [0.15, 0.2) is 4.99 Å². The molecule has 6 nitrogen and oxygen atoms in total. The molecule has 0 radical (unpaired) electrons. The summed E-state index contributed by atoms with van der Waals surface area (Å²) in [7, 11) is 0. The number of likely N-dealkylation sites (tertiary alicyclic amines) is 1. The van der Waals surface area contributed by atoms with Crippen molar-refractivity contribution in [1.29, 1.82) is 0 Å². The van der Waals surface area contributed by atoms with Crippen LogP contribution in [0.3, 0.4) is 0 Å². The molecule has 0 saturated carbocycles. The minimum atomic E-state index is -0.146. The third-order valence-corrected chi connectivity index (χ3v) is 4.59. The Kier molecular flexibility index (Phi) is 9.72. The highest BCUT2D eigenvalue weighted by Crippen LogP contribution is 2.12. The Labute approximate surface area is 157 Å². The van der Waals surface area contributed by atoms with Gasteiger partial charge in [-0.1, -0.05) is 0 Å². The highest BCUT2D eigenvalue weighted by molar-refractivity contribution is 14.0. The average molecular weight is 440 g/mol. The molecular weight excluding hydrogens is 407 g/mol. The van der Waals surface area contributed by atoms with Gasteiger partial charge in [-0.2, -0.15) is 0 Å². The fourth-order valence-electron chi connectivity index (χ4n) is 3.22. The SMILES string of the molecule is CCNC(=NCC(C)N1CCOCC1C)N1CCC(O)CC1.I. The van der Waals surface area contributed by atoms with Crippen LogP contribution in [0.1, 0.15) is 33.6 Å². The van der Waals surface area contributed by atoms with Gasteiger partial charge in [-0.15, -0.1) is 24.0 Å². The van der Waals surface area contributed by atoms with Crippen molar-refractivity contribution < 1.29 is 9.84 Å². The molecule has 0 aromatic heterocycles. The molecule has 2 unspecified atom stereocenters. The van der Waals surface area contributed by atoms with Gasteiger partial charge in [0.1, 0.15) is 0 Å². The third kappa shape index (κ3) is 6.36. The van der Waals surface area contributed by atoms with Crippen molar-refractivity contribution in [1.82, 2.24) is 15.1 Å². The quantitative estimate of drug-likeness (QED) is 0.390. The number of aliphatic hydroxyl groups excluding tert-OH is 1. The van der Waals surface area contributed by atoms with Gasteiger partial charge >= 0.3 is 0 Å². The Morgan fingerprint density at radius 2 is 2.04 bits per heavy atom. The van der Waals surface area contributed by atoms with Crippen LogP contribution in [0.2, 0.25) is 0 Å². The van der Waals surface area contributed by atoms with E-state index in [4.69, 9.17) is 9.73 Å². The number of morpholine rings is 1. The van der Waals surface area contributed by atoms with Crippen LogP contribution in [-0.4, -0.2) is 85.0 Å². The molecule has 2 saturated heterocycles. The molecule has 2 atom stereocenters. The minimum absolute atomic E-state index is 0. The summed E-state index contributed by atoms with van der Waals surface area (Å²) < 4.78 is 5.51. The van der Waals surface area contributed by atoms with Gasteiger partial charge < -0.3 is 20.1 Å². The van der Waals surface area contributed by atoms with Crippen LogP contribution >= 0.6 is 24.0 Å². The summed E-state index contributed by atoms with van der Waals surface area (Å²) in [5.41, 5.74) is 0. The molecule has 2 aliphatic rings. The molecule has 2 aliphatic heterocycles. The maximum absolute atomic E-state index is 9.65. The standard InChI is InChI=1S/C16H32N4O2.HI/c1-4-17-16(19-7-5-15(21)6-8-19)18-11-13(2)20-9-10-22-12-14(20)3;/h13-15,21H,4-12H2,1-3H3,(H,17,18);1H. The normalized spacial score (nSPS) is 25.8. The first-order chi connectivity index (χ1) is 10.6. The first-order valence-electron chi connectivity index (χ1n) is 8.66. The van der Waals surface area contributed by atoms with E-state index in [9.17, 15) is 5.11 Å². The molecule has 0 aliphatic carbocycles. The molecule has 0 spiro atoms. The molecule has 0 bridgehead atoms. The Morgan fingerprint density at radius 1 is 1.35 bits per heavy atom. The second-order valence-electron chi connectivity index (χ2n) is 6.42. The number of hydrogen-bond donors (Lipinski definition) is 2. The number of ether oxygens (including phenoxy) is 1. The van der Waals surface area contributed by atoms with Crippen LogP contribution in [0.5, 0.6) is 0 Å². The van der Waals surface area contributed by atoms with Crippen LogP contribution in [-0.2, 0) is 4.74 Å². The zero-order valence-corrected chi connectivity index (χ0v) is 17.0. The van der Waals surface area contributed by atoms with Gasteiger partial charge in [0.25, 0.3) is 0 Å². The van der Waals surface area contributed by atoms with Gasteiger partial charge in [0.15, 0.2) is 5.96 Å². The maximum atomic E-state index is 9.65. The van der Waals surface area contributed by atoms with Crippen LogP contribution in [0, 0.1) is 0 Å². The second kappa shape index (κ2) is 10.7. The van der Waals surface area contributed by atoms with E-state index in [-0.39, 0.29) is 30.1 Å². The Balaban J connectivity index is 0.00000264. The lowest BCUT2D eigenvalue weighted by molar-refractivity contribution is -0.0166. The predicted molar refractivity (Wildman–Crippen MR) is 105 cm³/mol. The van der Waals surface area contributed by atoms with Gasteiger partial charge in [0.2, 0.25) is 0 Å². The second-order valence-corrected chi connectivity index (χ2v) is 6.42. The molecule has 2 heterocycles. The summed E-state index contributed by atoms with van der Waals surface area (Å²) in [5, 5.41) is 13.0. The van der Waals surface area contributed by atoms with Crippen LogP contribution in [0.25, 0.3) is 0 Å². The van der Waals surface area contributed by atoms with E-state index < -0.39 is 0 Å². The lowest BCUT2D eigenvalue weighted by Crippen LogP contribution is -2.50. The van der Waals surface area contributed by atoms with Crippen molar-refractivity contribution in [3.63, 3.8) is 0 Å². The number of nitrogens with one attached hydrogen (secondary N) is 1. The highest BCUT2D eigenvalue weighted by Gasteiger charge is 2.24. The van der Waals surface area contributed by atoms with Crippen LogP contribution < -0.4 is 5.32 Å². The van der Waals surface area contributed by atoms with E-state index in [1.807, 2.05) is 0 Å². The fraction of sp³-hybridized carbons (Fsp3) is 0.938. The van der Waals surface area contributed by atoms with E-state index in [2.05, 4.69) is 35.9 Å². The number of guanidine groups is 1. The molecule has 0 aromatic rings. The van der Waals surface area contributed by atoms with Crippen LogP contribution in [0.4, 0.5) is 0 Å². The lowest BCUT2D eigenvalue weighted by Gasteiger charge is -2.37. The maximum Gasteiger partial charge on any atom is 0.193 e. The van der Waals surface area contributed by atoms with Crippen molar-refractivity contribution in [2.45, 2.75) is 51.8 Å². The predicted octanol–water partition coefficient (Wildman–Crippen LogP) is 1.14. The van der Waals surface area contributed by atoms with E-state index in [0.717, 1.165) is 64.7 Å². The number of piperidine rings is 1. The summed E-state index contributed by atoms with van der Waals surface area (Å²) in [6.45, 7) is 12.6. The molecule has 23 heavy (non-hydrogen) atoms. The molecular formula is C16H33IN4O2. The van der Waals surface area contributed by atoms with Gasteiger partial charge in [-0.25, -0.2) is 0 Å². The molecule has 2 N–H and O–H groups in total. The first-order valence-corrected chi connectivity index (χ1v) is 8.66. The van der Waals surface area contributed by atoms with Gasteiger partial charge in [-0.05, 0) is 33.6 Å². The number of rotatable bonds is 4. The van der Waals surface area contributed by atoms with Crippen molar-refractivity contribution in [3.05, 3.63) is 0 Å². The molecule has 0 amide bonds. The zero-order valence-electron chi connectivity index (χ0n) is 14.7. The largest absolute Gasteiger partial charge is 0.393 e.